The predicted octanol–water partition coefficient (Wildman–Crippen LogP) is 2.47. The highest BCUT2D eigenvalue weighted by molar-refractivity contribution is 7.09. The van der Waals surface area contributed by atoms with Crippen LogP contribution in [0.4, 0.5) is 8.78 Å². The van der Waals surface area contributed by atoms with Crippen LogP contribution in [0, 0.1) is 11.6 Å². The Balaban J connectivity index is 1.61. The zero-order valence-electron chi connectivity index (χ0n) is 12.1. The molecule has 0 atom stereocenters. The van der Waals surface area contributed by atoms with Crippen molar-refractivity contribution in [1.82, 2.24) is 9.88 Å². The fraction of sp³-hybridized carbons (Fsp3) is 0.333. The van der Waals surface area contributed by atoms with E-state index in [4.69, 9.17) is 9.47 Å². The molecule has 23 heavy (non-hydrogen) atoms. The lowest BCUT2D eigenvalue weighted by atomic mass is 10.3. The molecule has 0 saturated carbocycles. The van der Waals surface area contributed by atoms with Crippen molar-refractivity contribution < 1.29 is 23.0 Å². The van der Waals surface area contributed by atoms with Crippen LogP contribution in [0.2, 0.25) is 0 Å². The minimum Gasteiger partial charge on any atom is -0.483 e. The quantitative estimate of drug-likeness (QED) is 0.858. The van der Waals surface area contributed by atoms with Crippen molar-refractivity contribution in [3.63, 3.8) is 0 Å². The van der Waals surface area contributed by atoms with E-state index in [1.165, 1.54) is 17.4 Å². The van der Waals surface area contributed by atoms with Gasteiger partial charge in [-0.15, -0.1) is 11.3 Å². The van der Waals surface area contributed by atoms with E-state index in [9.17, 15) is 13.6 Å². The summed E-state index contributed by atoms with van der Waals surface area (Å²) in [5.41, 5.74) is 0.343. The first kappa shape index (κ1) is 15.8. The van der Waals surface area contributed by atoms with Gasteiger partial charge in [-0.25, -0.2) is 13.8 Å². The van der Waals surface area contributed by atoms with Gasteiger partial charge in [-0.05, 0) is 12.1 Å². The van der Waals surface area contributed by atoms with Crippen molar-refractivity contribution >= 4 is 17.2 Å². The summed E-state index contributed by atoms with van der Waals surface area (Å²) in [7, 11) is 0. The second-order valence-electron chi connectivity index (χ2n) is 4.89. The summed E-state index contributed by atoms with van der Waals surface area (Å²) in [6.07, 6.45) is 0. The molecule has 1 aliphatic heterocycles. The molecule has 1 saturated heterocycles. The summed E-state index contributed by atoms with van der Waals surface area (Å²) in [5, 5.41) is 2.20. The molecule has 0 aliphatic carbocycles. The van der Waals surface area contributed by atoms with Gasteiger partial charge in [0, 0.05) is 24.5 Å². The van der Waals surface area contributed by atoms with E-state index in [2.05, 4.69) is 4.98 Å². The minimum atomic E-state index is -0.772. The third-order valence-electron chi connectivity index (χ3n) is 3.31. The smallest absolute Gasteiger partial charge is 0.273 e. The Kier molecular flexibility index (Phi) is 4.82. The van der Waals surface area contributed by atoms with E-state index >= 15 is 0 Å². The molecule has 3 rings (SSSR count). The molecule has 122 valence electrons. The van der Waals surface area contributed by atoms with Crippen LogP contribution in [0.5, 0.6) is 5.75 Å². The van der Waals surface area contributed by atoms with E-state index in [1.807, 2.05) is 0 Å². The van der Waals surface area contributed by atoms with Gasteiger partial charge in [-0.3, -0.25) is 4.79 Å². The van der Waals surface area contributed by atoms with Crippen LogP contribution in [0.25, 0.3) is 0 Å². The molecule has 5 nitrogen and oxygen atoms in total. The van der Waals surface area contributed by atoms with Crippen LogP contribution >= 0.6 is 11.3 Å². The largest absolute Gasteiger partial charge is 0.483 e. The van der Waals surface area contributed by atoms with Gasteiger partial charge in [-0.2, -0.15) is 0 Å². The molecule has 2 heterocycles. The normalized spacial score (nSPS) is 14.8. The topological polar surface area (TPSA) is 51.7 Å². The summed E-state index contributed by atoms with van der Waals surface area (Å²) in [5.74, 6) is -1.64. The third-order valence-corrected chi connectivity index (χ3v) is 4.14. The molecule has 1 aromatic carbocycles. The number of morpholine rings is 1. The number of thiazole rings is 1. The molecule has 2 aromatic rings. The SMILES string of the molecule is O=C(c1csc(COc2ccc(F)cc2F)n1)N1CCOCC1. The average molecular weight is 340 g/mol. The number of amides is 1. The van der Waals surface area contributed by atoms with Crippen molar-refractivity contribution in [2.75, 3.05) is 26.3 Å². The lowest BCUT2D eigenvalue weighted by Gasteiger charge is -2.25. The van der Waals surface area contributed by atoms with Crippen molar-refractivity contribution in [2.45, 2.75) is 6.61 Å². The molecule has 1 amide bonds. The summed E-state index contributed by atoms with van der Waals surface area (Å²) in [6.45, 7) is 2.15. The van der Waals surface area contributed by atoms with Crippen LogP contribution in [0.3, 0.4) is 0 Å². The zero-order valence-corrected chi connectivity index (χ0v) is 12.9. The number of benzene rings is 1. The molecule has 0 bridgehead atoms. The van der Waals surface area contributed by atoms with E-state index < -0.39 is 11.6 Å². The van der Waals surface area contributed by atoms with E-state index in [1.54, 1.807) is 10.3 Å². The molecule has 8 heteroatoms. The number of hydrogen-bond donors (Lipinski definition) is 0. The molecule has 0 N–H and O–H groups in total. The Labute approximate surface area is 135 Å². The highest BCUT2D eigenvalue weighted by Gasteiger charge is 2.21. The Bertz CT molecular complexity index is 702. The number of ether oxygens (including phenoxy) is 2. The maximum absolute atomic E-state index is 13.5. The molecule has 1 aliphatic rings. The van der Waals surface area contributed by atoms with Gasteiger partial charge in [0.05, 0.1) is 13.2 Å². The first-order chi connectivity index (χ1) is 11.1. The highest BCUT2D eigenvalue weighted by Crippen LogP contribution is 2.20. The standard InChI is InChI=1S/C15H14F2N2O3S/c16-10-1-2-13(11(17)7-10)22-8-14-18-12(9-23-14)15(20)19-3-5-21-6-4-19/h1-2,7,9H,3-6,8H2. The monoisotopic (exact) mass is 340 g/mol. The lowest BCUT2D eigenvalue weighted by Crippen LogP contribution is -2.40. The summed E-state index contributed by atoms with van der Waals surface area (Å²) in [4.78, 5) is 18.1. The van der Waals surface area contributed by atoms with E-state index in [0.717, 1.165) is 12.1 Å². The third kappa shape index (κ3) is 3.83. The molecule has 0 spiro atoms. The molecule has 1 aromatic heterocycles. The van der Waals surface area contributed by atoms with Gasteiger partial charge in [0.15, 0.2) is 11.6 Å². The van der Waals surface area contributed by atoms with Crippen LogP contribution in [0.1, 0.15) is 15.5 Å². The molecular weight excluding hydrogens is 326 g/mol. The van der Waals surface area contributed by atoms with Crippen LogP contribution in [0.15, 0.2) is 23.6 Å². The Morgan fingerprint density at radius 1 is 1.35 bits per heavy atom. The number of halogens is 2. The summed E-state index contributed by atoms with van der Waals surface area (Å²) in [6, 6.07) is 3.09. The zero-order chi connectivity index (χ0) is 16.2. The van der Waals surface area contributed by atoms with E-state index in [0.29, 0.717) is 37.0 Å². The van der Waals surface area contributed by atoms with Gasteiger partial charge in [0.2, 0.25) is 0 Å². The molecule has 0 unspecified atom stereocenters. The molecular formula is C15H14F2N2O3S. The van der Waals surface area contributed by atoms with Crippen LogP contribution < -0.4 is 4.74 Å². The highest BCUT2D eigenvalue weighted by atomic mass is 32.1. The fourth-order valence-corrected chi connectivity index (χ4v) is 2.81. The summed E-state index contributed by atoms with van der Waals surface area (Å²) >= 11 is 1.26. The van der Waals surface area contributed by atoms with Gasteiger partial charge >= 0.3 is 0 Å². The Morgan fingerprint density at radius 2 is 2.13 bits per heavy atom. The van der Waals surface area contributed by atoms with E-state index in [-0.39, 0.29) is 18.3 Å². The maximum Gasteiger partial charge on any atom is 0.273 e. The number of nitrogens with zero attached hydrogens (tertiary/aromatic N) is 2. The maximum atomic E-state index is 13.5. The van der Waals surface area contributed by atoms with Crippen molar-refractivity contribution in [2.24, 2.45) is 0 Å². The summed E-state index contributed by atoms with van der Waals surface area (Å²) < 4.78 is 36.8. The van der Waals surface area contributed by atoms with Crippen molar-refractivity contribution in [1.29, 1.82) is 0 Å². The second kappa shape index (κ2) is 7.01. The fourth-order valence-electron chi connectivity index (χ4n) is 2.14. The van der Waals surface area contributed by atoms with Gasteiger partial charge in [0.25, 0.3) is 5.91 Å². The predicted molar refractivity (Wildman–Crippen MR) is 79.5 cm³/mol. The first-order valence-electron chi connectivity index (χ1n) is 7.03. The molecule has 1 fully saturated rings. The van der Waals surface area contributed by atoms with Gasteiger partial charge in [-0.1, -0.05) is 0 Å². The van der Waals surface area contributed by atoms with Crippen molar-refractivity contribution in [3.05, 3.63) is 45.9 Å². The van der Waals surface area contributed by atoms with Gasteiger partial charge in [0.1, 0.15) is 23.1 Å². The minimum absolute atomic E-state index is 0.0175. The second-order valence-corrected chi connectivity index (χ2v) is 5.84. The number of hydrogen-bond acceptors (Lipinski definition) is 5. The van der Waals surface area contributed by atoms with Crippen LogP contribution in [-0.2, 0) is 11.3 Å². The Hall–Kier alpha value is -2.06. The average Bonchev–Trinajstić information content (AvgIpc) is 3.03. The Morgan fingerprint density at radius 3 is 2.87 bits per heavy atom. The molecule has 0 radical (unpaired) electrons. The van der Waals surface area contributed by atoms with Crippen LogP contribution in [-0.4, -0.2) is 42.1 Å². The number of rotatable bonds is 4. The number of carbonyl (C=O) groups is 1. The van der Waals surface area contributed by atoms with Crippen molar-refractivity contribution in [3.8, 4) is 5.75 Å². The lowest BCUT2D eigenvalue weighted by molar-refractivity contribution is 0.0299. The first-order valence-corrected chi connectivity index (χ1v) is 7.91. The number of carbonyl (C=O) groups excluding carboxylic acids is 1. The number of aromatic nitrogens is 1. The van der Waals surface area contributed by atoms with Gasteiger partial charge < -0.3 is 14.4 Å².